The second kappa shape index (κ2) is 10.4. The van der Waals surface area contributed by atoms with Gasteiger partial charge in [0, 0.05) is 0 Å². The minimum absolute atomic E-state index is 1.86. The molecular formula is C24H72N6O3Si12. The molecule has 0 unspecified atom stereocenters. The van der Waals surface area contributed by atoms with Crippen molar-refractivity contribution in [1.29, 1.82) is 0 Å². The molecule has 0 aromatic heterocycles. The first-order valence-electron chi connectivity index (χ1n) is 17.2. The van der Waals surface area contributed by atoms with Gasteiger partial charge < -0.3 is 35.7 Å². The highest BCUT2D eigenvalue weighted by Gasteiger charge is 2.93. The molecule has 0 radical (unpaired) electrons. The molecule has 0 atom stereocenters. The van der Waals surface area contributed by atoms with Crippen molar-refractivity contribution < 1.29 is 12.3 Å². The second-order valence-electron chi connectivity index (χ2n) is 21.5. The highest BCUT2D eigenvalue weighted by molar-refractivity contribution is 7.28. The van der Waals surface area contributed by atoms with Gasteiger partial charge in [0.15, 0.2) is 25.2 Å². The summed E-state index contributed by atoms with van der Waals surface area (Å²) in [6.45, 7) is 62.0. The van der Waals surface area contributed by atoms with E-state index in [0.717, 1.165) is 0 Å². The van der Waals surface area contributed by atoms with Gasteiger partial charge in [0.05, 0.1) is 0 Å². The number of nitrogens with zero attached hydrogens (tertiary/aromatic N) is 6. The Morgan fingerprint density at radius 3 is 0.467 bits per heavy atom. The van der Waals surface area contributed by atoms with Crippen molar-refractivity contribution in [2.45, 2.75) is 157 Å². The molecule has 21 heteroatoms. The molecule has 4 rings (SSSR count). The molecule has 4 fully saturated rings. The van der Waals surface area contributed by atoms with E-state index >= 15 is 0 Å². The molecule has 3 spiro atoms. The SMILES string of the molecule is C[Si](C)(C)N1[Si](C)(C)N([Si](C)(C)C)[Si]12O[Si]1(O[Si]3(O2)N([Si](C)(C)C)[Si](C)(C)N3[Si](C)(C)C)N([Si](C)(C)C)[Si](C)(C)N1[Si](C)(C)C. The molecule has 0 aliphatic carbocycles. The fourth-order valence-corrected chi connectivity index (χ4v) is 119. The molecule has 45 heavy (non-hydrogen) atoms. The summed E-state index contributed by atoms with van der Waals surface area (Å²) in [5.41, 5.74) is 0. The summed E-state index contributed by atoms with van der Waals surface area (Å²) in [5.74, 6) is 0. The standard InChI is InChI=1S/C24H72N6O3Si12/c1-34(2,3)25-40(19,20)26(35(4,5)6)43(25)31-44(27(36(7,8)9)41(21,22)28(44)37(10,11)12)33-45(32-43)29(38(13,14)15)42(23,24)30(45)39(16,17)18/h1-24H3. The smallest absolute Gasteiger partial charge is 0.369 e. The summed E-state index contributed by atoms with van der Waals surface area (Å²) in [4.78, 5) is 0. The van der Waals surface area contributed by atoms with Crippen LogP contribution in [0.4, 0.5) is 0 Å². The molecule has 0 amide bonds. The van der Waals surface area contributed by atoms with Crippen molar-refractivity contribution in [3.05, 3.63) is 0 Å². The van der Waals surface area contributed by atoms with Crippen molar-refractivity contribution in [2.75, 3.05) is 0 Å². The molecule has 4 aliphatic rings. The van der Waals surface area contributed by atoms with Gasteiger partial charge in [-0.1, -0.05) is 118 Å². The Kier molecular flexibility index (Phi) is 9.28. The lowest BCUT2D eigenvalue weighted by molar-refractivity contribution is 0.0731. The molecule has 264 valence electrons. The Balaban J connectivity index is 2.21. The average molecular weight is 830 g/mol. The van der Waals surface area contributed by atoms with Gasteiger partial charge in [-0.15, -0.1) is 0 Å². The molecule has 0 bridgehead atoms. The van der Waals surface area contributed by atoms with Crippen LogP contribution in [0.1, 0.15) is 0 Å². The highest BCUT2D eigenvalue weighted by atomic mass is 28.7. The van der Waals surface area contributed by atoms with E-state index in [0.29, 0.717) is 0 Å². The van der Waals surface area contributed by atoms with Crippen LogP contribution in [-0.4, -0.2) is 125 Å². The second-order valence-corrected chi connectivity index (χ2v) is 78.3. The van der Waals surface area contributed by atoms with Gasteiger partial charge in [-0.05, 0) is 39.3 Å². The van der Waals surface area contributed by atoms with Crippen LogP contribution >= 0.6 is 0 Å². The minimum atomic E-state index is -3.10. The van der Waals surface area contributed by atoms with Gasteiger partial charge in [0.1, 0.15) is 49.4 Å². The van der Waals surface area contributed by atoms with Gasteiger partial charge in [0.25, 0.3) is 0 Å². The van der Waals surface area contributed by atoms with E-state index < -0.39 is 101 Å². The van der Waals surface area contributed by atoms with E-state index in [1.54, 1.807) is 0 Å². The van der Waals surface area contributed by atoms with Crippen LogP contribution in [0.2, 0.25) is 157 Å². The summed E-state index contributed by atoms with van der Waals surface area (Å²) in [5, 5.41) is 0. The lowest BCUT2D eigenvalue weighted by Crippen LogP contribution is -3.14. The zero-order valence-corrected chi connectivity index (χ0v) is 45.9. The molecule has 0 N–H and O–H groups in total. The first kappa shape index (κ1) is 40.0. The average Bonchev–Trinajstić information content (AvgIpc) is 2.55. The van der Waals surface area contributed by atoms with E-state index in [1.807, 2.05) is 0 Å². The largest absolute Gasteiger partial charge is 0.482 e. The fraction of sp³-hybridized carbons (Fsp3) is 1.00. The van der Waals surface area contributed by atoms with E-state index in [4.69, 9.17) is 12.3 Å². The van der Waals surface area contributed by atoms with E-state index in [-0.39, 0.29) is 0 Å². The lowest BCUT2D eigenvalue weighted by Gasteiger charge is -2.85. The molecule has 9 nitrogen and oxygen atoms in total. The third-order valence-corrected chi connectivity index (χ3v) is 88.2. The Morgan fingerprint density at radius 1 is 0.267 bits per heavy atom. The van der Waals surface area contributed by atoms with Gasteiger partial charge in [-0.25, -0.2) is 0 Å². The van der Waals surface area contributed by atoms with Crippen molar-refractivity contribution >= 4 is 101 Å². The third kappa shape index (κ3) is 5.50. The van der Waals surface area contributed by atoms with E-state index in [9.17, 15) is 0 Å². The van der Waals surface area contributed by atoms with Crippen LogP contribution in [0.3, 0.4) is 0 Å². The van der Waals surface area contributed by atoms with Gasteiger partial charge in [-0.2, -0.15) is 0 Å². The summed E-state index contributed by atoms with van der Waals surface area (Å²) in [7, 11) is -26.5. The molecule has 0 aromatic carbocycles. The zero-order chi connectivity index (χ0) is 35.6. The topological polar surface area (TPSA) is 47.1 Å². The van der Waals surface area contributed by atoms with Crippen LogP contribution in [0, 0.1) is 0 Å². The molecule has 4 saturated heterocycles. The minimum Gasteiger partial charge on any atom is -0.369 e. The predicted octanol–water partition coefficient (Wildman–Crippen LogP) is 7.32. The van der Waals surface area contributed by atoms with Gasteiger partial charge >= 0.3 is 26.7 Å². The molecule has 0 aromatic rings. The lowest BCUT2D eigenvalue weighted by atomic mass is 11.8. The van der Waals surface area contributed by atoms with Crippen molar-refractivity contribution in [2.24, 2.45) is 0 Å². The van der Waals surface area contributed by atoms with E-state index in [1.165, 1.54) is 0 Å². The Hall–Kier alpha value is 2.24. The van der Waals surface area contributed by atoms with Crippen molar-refractivity contribution in [3.63, 3.8) is 0 Å². The number of hydrogen-bond donors (Lipinski definition) is 0. The first-order chi connectivity index (χ1) is 19.3. The molecule has 4 heterocycles. The Bertz CT molecular complexity index is 984. The first-order valence-corrected chi connectivity index (χ1v) is 51.7. The number of hydrogen-bond acceptors (Lipinski definition) is 9. The summed E-state index contributed by atoms with van der Waals surface area (Å²) >= 11 is 0. The third-order valence-electron chi connectivity index (χ3n) is 9.80. The van der Waals surface area contributed by atoms with Crippen LogP contribution in [0.25, 0.3) is 0 Å². The summed E-state index contributed by atoms with van der Waals surface area (Å²) in [6.07, 6.45) is 0. The van der Waals surface area contributed by atoms with Crippen molar-refractivity contribution in [1.82, 2.24) is 23.4 Å². The maximum atomic E-state index is 8.36. The Morgan fingerprint density at radius 2 is 0.378 bits per heavy atom. The maximum Gasteiger partial charge on any atom is 0.482 e. The fourth-order valence-electron chi connectivity index (χ4n) is 11.1. The predicted molar refractivity (Wildman–Crippen MR) is 224 cm³/mol. The normalized spacial score (nSPS) is 29.6. The van der Waals surface area contributed by atoms with Crippen LogP contribution in [0.5, 0.6) is 0 Å². The van der Waals surface area contributed by atoms with Crippen molar-refractivity contribution in [3.8, 4) is 0 Å². The zero-order valence-electron chi connectivity index (χ0n) is 33.9. The molecule has 0 saturated carbocycles. The quantitative estimate of drug-likeness (QED) is 0.257. The highest BCUT2D eigenvalue weighted by Crippen LogP contribution is 2.61. The Labute approximate surface area is 292 Å². The van der Waals surface area contributed by atoms with Crippen LogP contribution < -0.4 is 0 Å². The maximum absolute atomic E-state index is 8.36. The van der Waals surface area contributed by atoms with Crippen LogP contribution in [0.15, 0.2) is 0 Å². The van der Waals surface area contributed by atoms with Crippen LogP contribution in [-0.2, 0) is 12.3 Å². The van der Waals surface area contributed by atoms with Gasteiger partial charge in [0.2, 0.25) is 0 Å². The summed E-state index contributed by atoms with van der Waals surface area (Å²) in [6, 6.07) is 0. The van der Waals surface area contributed by atoms with Gasteiger partial charge in [-0.3, -0.25) is 0 Å². The summed E-state index contributed by atoms with van der Waals surface area (Å²) < 4.78 is 43.4. The number of rotatable bonds is 6. The molecule has 4 aliphatic heterocycles. The molecular weight excluding hydrogens is 757 g/mol. The monoisotopic (exact) mass is 828 g/mol. The van der Waals surface area contributed by atoms with E-state index in [2.05, 4.69) is 181 Å².